The van der Waals surface area contributed by atoms with E-state index in [0.717, 1.165) is 0 Å². The van der Waals surface area contributed by atoms with Gasteiger partial charge in [-0.15, -0.1) is 0 Å². The van der Waals surface area contributed by atoms with Gasteiger partial charge in [-0.1, -0.05) is 6.07 Å². The summed E-state index contributed by atoms with van der Waals surface area (Å²) in [6.45, 7) is 1.75. The van der Waals surface area contributed by atoms with E-state index in [9.17, 15) is 5.11 Å². The van der Waals surface area contributed by atoms with Crippen molar-refractivity contribution in [1.82, 2.24) is 9.97 Å². The van der Waals surface area contributed by atoms with Crippen molar-refractivity contribution in [1.29, 1.82) is 5.26 Å². The zero-order valence-electron chi connectivity index (χ0n) is 9.08. The Hall–Kier alpha value is -2.61. The van der Waals surface area contributed by atoms with Crippen LogP contribution >= 0.6 is 0 Å². The molecule has 17 heavy (non-hydrogen) atoms. The maximum Gasteiger partial charge on any atom is 0.323 e. The van der Waals surface area contributed by atoms with Crippen molar-refractivity contribution in [3.63, 3.8) is 0 Å². The molecular weight excluding hydrogens is 218 g/mol. The summed E-state index contributed by atoms with van der Waals surface area (Å²) in [4.78, 5) is 7.94. The number of hydrogen-bond acceptors (Lipinski definition) is 5. The molecule has 5 nitrogen and oxygen atoms in total. The number of nitriles is 1. The van der Waals surface area contributed by atoms with Crippen LogP contribution in [0.3, 0.4) is 0 Å². The van der Waals surface area contributed by atoms with E-state index in [1.165, 1.54) is 12.1 Å². The lowest BCUT2D eigenvalue weighted by molar-refractivity contribution is 0.429. The van der Waals surface area contributed by atoms with Gasteiger partial charge >= 0.3 is 6.01 Å². The van der Waals surface area contributed by atoms with Gasteiger partial charge in [-0.05, 0) is 25.1 Å². The predicted molar refractivity (Wildman–Crippen MR) is 59.7 cm³/mol. The summed E-state index contributed by atoms with van der Waals surface area (Å²) in [6, 6.07) is 9.86. The molecule has 2 aromatic rings. The molecule has 0 saturated carbocycles. The minimum absolute atomic E-state index is 0.0900. The van der Waals surface area contributed by atoms with Crippen LogP contribution in [0.2, 0.25) is 0 Å². The van der Waals surface area contributed by atoms with Crippen LogP contribution in [0.15, 0.2) is 30.3 Å². The lowest BCUT2D eigenvalue weighted by atomic mass is 10.3. The smallest absolute Gasteiger partial charge is 0.323 e. The number of phenolic OH excluding ortho intramolecular Hbond substituents is 1. The molecule has 0 aliphatic carbocycles. The van der Waals surface area contributed by atoms with Crippen LogP contribution in [0.4, 0.5) is 0 Å². The molecular formula is C12H9N3O2. The number of hydrogen-bond donors (Lipinski definition) is 1. The summed E-state index contributed by atoms with van der Waals surface area (Å²) < 4.78 is 5.35. The summed E-state index contributed by atoms with van der Waals surface area (Å²) in [5.41, 5.74) is 0.888. The van der Waals surface area contributed by atoms with Gasteiger partial charge < -0.3 is 9.84 Å². The molecule has 1 heterocycles. The van der Waals surface area contributed by atoms with Crippen LogP contribution in [0.25, 0.3) is 0 Å². The molecule has 0 radical (unpaired) electrons. The van der Waals surface area contributed by atoms with E-state index in [-0.39, 0.29) is 17.5 Å². The Bertz CT molecular complexity index is 591. The van der Waals surface area contributed by atoms with Gasteiger partial charge in [0.05, 0.1) is 0 Å². The Morgan fingerprint density at radius 1 is 1.29 bits per heavy atom. The van der Waals surface area contributed by atoms with Crippen LogP contribution in [-0.2, 0) is 0 Å². The van der Waals surface area contributed by atoms with E-state index in [1.807, 2.05) is 6.07 Å². The summed E-state index contributed by atoms with van der Waals surface area (Å²) >= 11 is 0. The second kappa shape index (κ2) is 4.49. The molecule has 0 fully saturated rings. The lowest BCUT2D eigenvalue weighted by Gasteiger charge is -2.04. The van der Waals surface area contributed by atoms with Crippen LogP contribution in [0.5, 0.6) is 17.5 Å². The molecule has 1 aromatic carbocycles. The largest absolute Gasteiger partial charge is 0.508 e. The third kappa shape index (κ3) is 2.69. The second-order valence-corrected chi connectivity index (χ2v) is 3.39. The minimum Gasteiger partial charge on any atom is -0.508 e. The van der Waals surface area contributed by atoms with Crippen molar-refractivity contribution >= 4 is 0 Å². The van der Waals surface area contributed by atoms with Crippen LogP contribution in [0, 0.1) is 18.3 Å². The predicted octanol–water partition coefficient (Wildman–Crippen LogP) is 2.15. The van der Waals surface area contributed by atoms with Crippen molar-refractivity contribution in [2.45, 2.75) is 6.92 Å². The van der Waals surface area contributed by atoms with Crippen LogP contribution < -0.4 is 4.74 Å². The first-order valence-corrected chi connectivity index (χ1v) is 4.90. The molecule has 84 valence electrons. The monoisotopic (exact) mass is 227 g/mol. The van der Waals surface area contributed by atoms with Gasteiger partial charge in [0.15, 0.2) is 0 Å². The Morgan fingerprint density at radius 2 is 2.12 bits per heavy atom. The zero-order chi connectivity index (χ0) is 12.3. The fourth-order valence-corrected chi connectivity index (χ4v) is 1.30. The summed E-state index contributed by atoms with van der Waals surface area (Å²) in [5.74, 6) is 0.509. The molecule has 1 N–H and O–H groups in total. The maximum absolute atomic E-state index is 9.27. The first kappa shape index (κ1) is 10.9. The second-order valence-electron chi connectivity index (χ2n) is 3.39. The third-order valence-electron chi connectivity index (χ3n) is 1.98. The molecule has 5 heteroatoms. The van der Waals surface area contributed by atoms with Gasteiger partial charge in [0.25, 0.3) is 0 Å². The van der Waals surface area contributed by atoms with Gasteiger partial charge in [0.2, 0.25) is 0 Å². The van der Waals surface area contributed by atoms with Crippen LogP contribution in [0.1, 0.15) is 11.4 Å². The third-order valence-corrected chi connectivity index (χ3v) is 1.98. The highest BCUT2D eigenvalue weighted by Crippen LogP contribution is 2.22. The zero-order valence-corrected chi connectivity index (χ0v) is 9.08. The number of benzene rings is 1. The van der Waals surface area contributed by atoms with Crippen molar-refractivity contribution in [2.24, 2.45) is 0 Å². The average Bonchev–Trinajstić information content (AvgIpc) is 2.28. The standard InChI is InChI=1S/C12H9N3O2/c1-8-5-9(7-13)15-12(14-8)17-11-4-2-3-10(16)6-11/h2-6,16H,1H3. The molecule has 0 unspecified atom stereocenters. The van der Waals surface area contributed by atoms with Crippen molar-refractivity contribution in [3.8, 4) is 23.6 Å². The maximum atomic E-state index is 9.27. The van der Waals surface area contributed by atoms with Gasteiger partial charge in [-0.25, -0.2) is 4.98 Å². The van der Waals surface area contributed by atoms with E-state index in [2.05, 4.69) is 9.97 Å². The summed E-state index contributed by atoms with van der Waals surface area (Å²) in [5, 5.41) is 18.0. The van der Waals surface area contributed by atoms with E-state index >= 15 is 0 Å². The summed E-state index contributed by atoms with van der Waals surface area (Å²) in [6.07, 6.45) is 0. The molecule has 0 bridgehead atoms. The fourth-order valence-electron chi connectivity index (χ4n) is 1.30. The van der Waals surface area contributed by atoms with Crippen LogP contribution in [-0.4, -0.2) is 15.1 Å². The average molecular weight is 227 g/mol. The number of aryl methyl sites for hydroxylation is 1. The molecule has 0 amide bonds. The number of nitrogens with zero attached hydrogens (tertiary/aromatic N) is 3. The molecule has 0 aliphatic rings. The first-order chi connectivity index (χ1) is 8.17. The Morgan fingerprint density at radius 3 is 2.82 bits per heavy atom. The lowest BCUT2D eigenvalue weighted by Crippen LogP contribution is -1.96. The number of rotatable bonds is 2. The first-order valence-electron chi connectivity index (χ1n) is 4.90. The molecule has 0 atom stereocenters. The summed E-state index contributed by atoms with van der Waals surface area (Å²) in [7, 11) is 0. The fraction of sp³-hybridized carbons (Fsp3) is 0.0833. The molecule has 0 spiro atoms. The normalized spacial score (nSPS) is 9.65. The van der Waals surface area contributed by atoms with Crippen molar-refractivity contribution in [3.05, 3.63) is 41.7 Å². The Kier molecular flexibility index (Phi) is 2.88. The number of aromatic nitrogens is 2. The minimum atomic E-state index is 0.0900. The topological polar surface area (TPSA) is 79.0 Å². The number of ether oxygens (including phenoxy) is 1. The molecule has 0 saturated heterocycles. The van der Waals surface area contributed by atoms with Gasteiger partial charge in [-0.3, -0.25) is 0 Å². The molecule has 1 aromatic heterocycles. The van der Waals surface area contributed by atoms with Gasteiger partial charge in [0, 0.05) is 11.8 Å². The highest BCUT2D eigenvalue weighted by atomic mass is 16.5. The van der Waals surface area contributed by atoms with Gasteiger partial charge in [-0.2, -0.15) is 10.2 Å². The highest BCUT2D eigenvalue weighted by molar-refractivity contribution is 5.34. The quantitative estimate of drug-likeness (QED) is 0.850. The van der Waals surface area contributed by atoms with E-state index < -0.39 is 0 Å². The Balaban J connectivity index is 2.30. The van der Waals surface area contributed by atoms with Crippen molar-refractivity contribution in [2.75, 3.05) is 0 Å². The number of phenols is 1. The molecule has 0 aliphatic heterocycles. The highest BCUT2D eigenvalue weighted by Gasteiger charge is 2.04. The number of aromatic hydroxyl groups is 1. The van der Waals surface area contributed by atoms with E-state index in [0.29, 0.717) is 11.4 Å². The van der Waals surface area contributed by atoms with E-state index in [1.54, 1.807) is 25.1 Å². The van der Waals surface area contributed by atoms with Gasteiger partial charge in [0.1, 0.15) is 23.3 Å². The SMILES string of the molecule is Cc1cc(C#N)nc(Oc2cccc(O)c2)n1. The Labute approximate surface area is 98.0 Å². The van der Waals surface area contributed by atoms with E-state index in [4.69, 9.17) is 10.00 Å². The van der Waals surface area contributed by atoms with Crippen molar-refractivity contribution < 1.29 is 9.84 Å². The molecule has 2 rings (SSSR count).